The number of piperazine rings is 1. The molecule has 6 heteroatoms. The van der Waals surface area contributed by atoms with Gasteiger partial charge in [-0.2, -0.15) is 5.26 Å². The molecule has 2 heterocycles. The minimum absolute atomic E-state index is 0.286. The van der Waals surface area contributed by atoms with Crippen molar-refractivity contribution < 1.29 is 4.39 Å². The van der Waals surface area contributed by atoms with Crippen molar-refractivity contribution >= 4 is 17.0 Å². The van der Waals surface area contributed by atoms with Crippen LogP contribution in [0.4, 0.5) is 4.39 Å². The molecule has 184 valence electrons. The predicted molar refractivity (Wildman–Crippen MR) is 148 cm³/mol. The van der Waals surface area contributed by atoms with E-state index < -0.39 is 0 Å². The van der Waals surface area contributed by atoms with Crippen LogP contribution in [0.15, 0.2) is 95.8 Å². The molecule has 0 bridgehead atoms. The summed E-state index contributed by atoms with van der Waals surface area (Å²) in [4.78, 5) is 7.53. The minimum Gasteiger partial charge on any atom is -0.367 e. The second kappa shape index (κ2) is 12.6. The molecule has 2 aromatic rings. The maximum absolute atomic E-state index is 13.4. The van der Waals surface area contributed by atoms with E-state index in [1.165, 1.54) is 12.1 Å². The van der Waals surface area contributed by atoms with Gasteiger partial charge in [-0.25, -0.2) is 4.39 Å². The summed E-state index contributed by atoms with van der Waals surface area (Å²) in [7, 11) is 0. The molecule has 0 radical (unpaired) electrons. The number of nitrogens with zero attached hydrogens (tertiary/aromatic N) is 4. The zero-order chi connectivity index (χ0) is 26.1. The largest absolute Gasteiger partial charge is 0.367 e. The van der Waals surface area contributed by atoms with Gasteiger partial charge in [0.15, 0.2) is 0 Å². The Bertz CT molecular complexity index is 1250. The van der Waals surface area contributed by atoms with Crippen molar-refractivity contribution in [2.75, 3.05) is 26.2 Å². The number of terminal acetylenes is 1. The van der Waals surface area contributed by atoms with Crippen LogP contribution in [0.5, 0.6) is 0 Å². The van der Waals surface area contributed by atoms with Crippen LogP contribution in [0.25, 0.3) is 5.70 Å². The van der Waals surface area contributed by atoms with Gasteiger partial charge in [0.2, 0.25) is 0 Å². The first-order valence-electron chi connectivity index (χ1n) is 11.7. The quantitative estimate of drug-likeness (QED) is 0.228. The van der Waals surface area contributed by atoms with Crippen LogP contribution < -0.4 is 0 Å². The molecule has 0 unspecified atom stereocenters. The predicted octanol–water partition coefficient (Wildman–Crippen LogP) is 6.38. The fraction of sp³-hybridized carbons (Fsp3) is 0.233. The summed E-state index contributed by atoms with van der Waals surface area (Å²) in [5.41, 5.74) is 4.43. The second-order valence-electron chi connectivity index (χ2n) is 8.43. The van der Waals surface area contributed by atoms with Gasteiger partial charge in [-0.05, 0) is 49.1 Å². The lowest BCUT2D eigenvalue weighted by Gasteiger charge is -2.39. The molecule has 1 aromatic carbocycles. The topological polar surface area (TPSA) is 33.5 Å². The molecule has 1 aliphatic rings. The number of benzene rings is 1. The standard InChI is InChI=1S/C30H31FN4S/c1-6-14-35(22-26-10-12-27(31)13-11-26)24(4)28(21-32)29(20-23(3)7-2)34-17-15-33(16-18-34)25(5)30-9-8-19-36-30/h2,6,8-14,19-20H,4-5,15-18,22H2,1,3H3/b14-6+,23-20+,29-28+. The van der Waals surface area contributed by atoms with Crippen molar-refractivity contribution in [1.29, 1.82) is 5.26 Å². The lowest BCUT2D eigenvalue weighted by Crippen LogP contribution is -2.44. The van der Waals surface area contributed by atoms with Crippen molar-refractivity contribution in [1.82, 2.24) is 14.7 Å². The summed E-state index contributed by atoms with van der Waals surface area (Å²) in [6.07, 6.45) is 11.3. The average molecular weight is 499 g/mol. The summed E-state index contributed by atoms with van der Waals surface area (Å²) in [5.74, 6) is 2.39. The van der Waals surface area contributed by atoms with Gasteiger partial charge in [0.05, 0.1) is 17.0 Å². The van der Waals surface area contributed by atoms with Crippen molar-refractivity contribution in [3.8, 4) is 18.4 Å². The smallest absolute Gasteiger partial charge is 0.123 e. The van der Waals surface area contributed by atoms with Crippen LogP contribution in [0.2, 0.25) is 0 Å². The van der Waals surface area contributed by atoms with Gasteiger partial charge >= 0.3 is 0 Å². The number of halogens is 1. The Morgan fingerprint density at radius 3 is 2.39 bits per heavy atom. The Kier molecular flexibility index (Phi) is 9.33. The highest BCUT2D eigenvalue weighted by molar-refractivity contribution is 7.11. The highest BCUT2D eigenvalue weighted by Gasteiger charge is 2.24. The molecule has 36 heavy (non-hydrogen) atoms. The molecule has 0 N–H and O–H groups in total. The molecule has 1 aliphatic heterocycles. The van der Waals surface area contributed by atoms with Gasteiger partial charge in [-0.1, -0.05) is 43.4 Å². The van der Waals surface area contributed by atoms with Gasteiger partial charge in [0.1, 0.15) is 11.9 Å². The van der Waals surface area contributed by atoms with Gasteiger partial charge in [-0.3, -0.25) is 0 Å². The summed E-state index contributed by atoms with van der Waals surface area (Å²) in [5, 5.41) is 12.3. The highest BCUT2D eigenvalue weighted by atomic mass is 32.1. The molecule has 0 amide bonds. The van der Waals surface area contributed by atoms with E-state index in [1.54, 1.807) is 23.5 Å². The van der Waals surface area contributed by atoms with Crippen molar-refractivity contribution in [2.24, 2.45) is 0 Å². The van der Waals surface area contributed by atoms with Gasteiger partial charge in [0, 0.05) is 55.1 Å². The zero-order valence-corrected chi connectivity index (χ0v) is 21.7. The van der Waals surface area contributed by atoms with Crippen LogP contribution >= 0.6 is 11.3 Å². The van der Waals surface area contributed by atoms with Crippen LogP contribution in [0, 0.1) is 29.5 Å². The van der Waals surface area contributed by atoms with Gasteiger partial charge in [-0.15, -0.1) is 17.8 Å². The van der Waals surface area contributed by atoms with Crippen LogP contribution in [0.3, 0.4) is 0 Å². The Morgan fingerprint density at radius 1 is 1.17 bits per heavy atom. The molecule has 1 aromatic heterocycles. The van der Waals surface area contributed by atoms with Crippen molar-refractivity contribution in [3.05, 3.63) is 112 Å². The Morgan fingerprint density at radius 2 is 1.83 bits per heavy atom. The number of hydrogen-bond acceptors (Lipinski definition) is 5. The number of rotatable bonds is 9. The molecule has 3 rings (SSSR count). The first kappa shape index (κ1) is 26.6. The fourth-order valence-corrected chi connectivity index (χ4v) is 4.73. The lowest BCUT2D eigenvalue weighted by molar-refractivity contribution is 0.217. The summed E-state index contributed by atoms with van der Waals surface area (Å²) in [6.45, 7) is 15.8. The number of nitriles is 1. The van der Waals surface area contributed by atoms with Crippen LogP contribution in [-0.4, -0.2) is 40.9 Å². The normalized spacial score (nSPS) is 14.8. The lowest BCUT2D eigenvalue weighted by atomic mass is 10.1. The van der Waals surface area contributed by atoms with E-state index in [-0.39, 0.29) is 5.82 Å². The van der Waals surface area contributed by atoms with E-state index in [2.05, 4.69) is 46.4 Å². The van der Waals surface area contributed by atoms with E-state index in [0.717, 1.165) is 40.5 Å². The van der Waals surface area contributed by atoms with E-state index >= 15 is 0 Å². The van der Waals surface area contributed by atoms with Gasteiger partial charge in [0.25, 0.3) is 0 Å². The molecule has 1 fully saturated rings. The summed E-state index contributed by atoms with van der Waals surface area (Å²) in [6, 6.07) is 12.8. The van der Waals surface area contributed by atoms with E-state index in [0.29, 0.717) is 30.9 Å². The number of thiophene rings is 1. The molecule has 1 saturated heterocycles. The number of hydrogen-bond donors (Lipinski definition) is 0. The molecular weight excluding hydrogens is 467 g/mol. The van der Waals surface area contributed by atoms with E-state index in [9.17, 15) is 9.65 Å². The minimum atomic E-state index is -0.286. The molecule has 0 spiro atoms. The SMILES string of the molecule is C#C/C(C)=C/C(=C(/C#N)C(=C)N(/C=C/C)Cc1ccc(F)cc1)N1CCN(C(=C)c2cccs2)CC1. The van der Waals surface area contributed by atoms with E-state index in [4.69, 9.17) is 6.42 Å². The molecular formula is C30H31FN4S. The fourth-order valence-electron chi connectivity index (χ4n) is 4.00. The first-order chi connectivity index (χ1) is 17.4. The maximum atomic E-state index is 13.4. The molecule has 4 nitrogen and oxygen atoms in total. The average Bonchev–Trinajstić information content (AvgIpc) is 3.44. The Balaban J connectivity index is 1.90. The summed E-state index contributed by atoms with van der Waals surface area (Å²) < 4.78 is 13.4. The third kappa shape index (κ3) is 6.56. The van der Waals surface area contributed by atoms with Crippen molar-refractivity contribution in [2.45, 2.75) is 20.4 Å². The Hall–Kier alpha value is -4.00. The second-order valence-corrected chi connectivity index (χ2v) is 9.37. The van der Waals surface area contributed by atoms with Crippen LogP contribution in [-0.2, 0) is 6.54 Å². The Labute approximate surface area is 218 Å². The first-order valence-corrected chi connectivity index (χ1v) is 12.6. The third-order valence-electron chi connectivity index (χ3n) is 5.99. The van der Waals surface area contributed by atoms with E-state index in [1.807, 2.05) is 43.2 Å². The zero-order valence-electron chi connectivity index (χ0n) is 20.9. The summed E-state index contributed by atoms with van der Waals surface area (Å²) >= 11 is 1.68. The third-order valence-corrected chi connectivity index (χ3v) is 6.91. The monoisotopic (exact) mass is 498 g/mol. The van der Waals surface area contributed by atoms with Crippen LogP contribution in [0.1, 0.15) is 24.3 Å². The van der Waals surface area contributed by atoms with Gasteiger partial charge < -0.3 is 14.7 Å². The molecule has 0 aliphatic carbocycles. The van der Waals surface area contributed by atoms with Crippen molar-refractivity contribution in [3.63, 3.8) is 0 Å². The number of allylic oxidation sites excluding steroid dienone is 4. The highest BCUT2D eigenvalue weighted by Crippen LogP contribution is 2.28. The molecule has 0 atom stereocenters. The maximum Gasteiger partial charge on any atom is 0.123 e. The molecule has 0 saturated carbocycles.